The second-order valence-electron chi connectivity index (χ2n) is 13.9. The zero-order valence-electron chi connectivity index (χ0n) is 29.1. The normalized spacial score (nSPS) is 11.8. The van der Waals surface area contributed by atoms with Crippen LogP contribution in [0.4, 0.5) is 5.69 Å². The first-order valence-corrected chi connectivity index (χ1v) is 18.2. The Morgan fingerprint density at radius 1 is 0.389 bits per heavy atom. The van der Waals surface area contributed by atoms with E-state index in [2.05, 4.69) is 138 Å². The van der Waals surface area contributed by atoms with Crippen LogP contribution < -0.4 is 5.73 Å². The van der Waals surface area contributed by atoms with Crippen molar-refractivity contribution in [3.63, 3.8) is 0 Å². The third-order valence-electron chi connectivity index (χ3n) is 10.7. The van der Waals surface area contributed by atoms with Gasteiger partial charge in [0, 0.05) is 38.8 Å². The summed E-state index contributed by atoms with van der Waals surface area (Å²) in [5, 5.41) is 9.69. The fourth-order valence-electron chi connectivity index (χ4n) is 8.22. The quantitative estimate of drug-likeness (QED) is 0.111. The molecule has 252 valence electrons. The molecule has 0 spiro atoms. The zero-order chi connectivity index (χ0) is 35.8. The molecule has 5 nitrogen and oxygen atoms in total. The van der Waals surface area contributed by atoms with Gasteiger partial charge in [0.2, 0.25) is 0 Å². The molecule has 11 aromatic rings. The number of hydrogen-bond donors (Lipinski definition) is 1. The highest BCUT2D eigenvalue weighted by atomic mass is 15.0. The number of nitrogens with zero attached hydrogens (tertiary/aromatic N) is 4. The van der Waals surface area contributed by atoms with E-state index in [1.54, 1.807) is 0 Å². The van der Waals surface area contributed by atoms with Gasteiger partial charge in [-0.1, -0.05) is 133 Å². The summed E-state index contributed by atoms with van der Waals surface area (Å²) in [6.07, 6.45) is 0. The lowest BCUT2D eigenvalue weighted by Crippen LogP contribution is -2.02. The molecule has 9 aromatic carbocycles. The predicted molar refractivity (Wildman–Crippen MR) is 224 cm³/mol. The maximum absolute atomic E-state index is 6.47. The van der Waals surface area contributed by atoms with Crippen molar-refractivity contribution in [1.82, 2.24) is 19.5 Å². The van der Waals surface area contributed by atoms with Crippen LogP contribution in [-0.4, -0.2) is 19.5 Å². The third-order valence-corrected chi connectivity index (χ3v) is 10.7. The Bertz CT molecular complexity index is 3200. The number of fused-ring (bicyclic) bond motifs is 4. The molecule has 11 rings (SSSR count). The van der Waals surface area contributed by atoms with E-state index < -0.39 is 0 Å². The Hall–Kier alpha value is -7.37. The van der Waals surface area contributed by atoms with Crippen molar-refractivity contribution in [1.29, 1.82) is 0 Å². The van der Waals surface area contributed by atoms with Gasteiger partial charge in [-0.3, -0.25) is 0 Å². The molecule has 0 atom stereocenters. The highest BCUT2D eigenvalue weighted by molar-refractivity contribution is 6.36. The summed E-state index contributed by atoms with van der Waals surface area (Å²) < 4.78 is 2.34. The van der Waals surface area contributed by atoms with E-state index in [0.717, 1.165) is 44.5 Å². The topological polar surface area (TPSA) is 69.6 Å². The minimum absolute atomic E-state index is 0.608. The van der Waals surface area contributed by atoms with Gasteiger partial charge >= 0.3 is 0 Å². The number of nitrogen functional groups attached to an aromatic ring is 1. The second-order valence-corrected chi connectivity index (χ2v) is 13.9. The van der Waals surface area contributed by atoms with Crippen LogP contribution in [-0.2, 0) is 0 Å². The standard InChI is InChI=1S/C49H31N5/c50-36-17-9-18-37(29-36)54-43-20-10-19-38-41-27-34-15-7-8-16-35(34)28-42(41)39-25-26-40(46(54)45(39)44(38)43)49-52-47(32-13-5-2-6-14-32)51-48(53-49)33-23-21-31(22-24-33)30-11-3-1-4-12-30/h1-29H,50H2. The largest absolute Gasteiger partial charge is 0.399 e. The van der Waals surface area contributed by atoms with Crippen LogP contribution in [0, 0.1) is 0 Å². The van der Waals surface area contributed by atoms with Crippen LogP contribution in [0.3, 0.4) is 0 Å². The van der Waals surface area contributed by atoms with Gasteiger partial charge in [-0.2, -0.15) is 0 Å². The second kappa shape index (κ2) is 11.8. The number of hydrogen-bond acceptors (Lipinski definition) is 4. The van der Waals surface area contributed by atoms with Crippen molar-refractivity contribution in [2.24, 2.45) is 0 Å². The first-order chi connectivity index (χ1) is 26.7. The van der Waals surface area contributed by atoms with Crippen LogP contribution in [0.1, 0.15) is 0 Å². The third kappa shape index (κ3) is 4.69. The lowest BCUT2D eigenvalue weighted by Gasteiger charge is -2.14. The van der Waals surface area contributed by atoms with Gasteiger partial charge in [0.05, 0.1) is 11.0 Å². The molecule has 0 unspecified atom stereocenters. The summed E-state index contributed by atoms with van der Waals surface area (Å²) in [7, 11) is 0. The molecule has 2 N–H and O–H groups in total. The van der Waals surface area contributed by atoms with Crippen molar-refractivity contribution < 1.29 is 0 Å². The first kappa shape index (κ1) is 30.3. The van der Waals surface area contributed by atoms with Gasteiger partial charge in [0.25, 0.3) is 0 Å². The average Bonchev–Trinajstić information content (AvgIpc) is 3.59. The lowest BCUT2D eigenvalue weighted by atomic mass is 9.91. The monoisotopic (exact) mass is 689 g/mol. The number of nitrogens with two attached hydrogens (primary N) is 1. The number of aromatic nitrogens is 4. The minimum Gasteiger partial charge on any atom is -0.399 e. The molecule has 0 bridgehead atoms. The SMILES string of the molecule is Nc1cccc(-n2c3cccc4c5cc6ccccc6cc5c5ccc(-c6nc(-c7ccccc7)nc(-c7ccc(-c8ccccc8)cc7)n6)c2c5c43)c1. The minimum atomic E-state index is 0.608. The molecule has 2 heterocycles. The smallest absolute Gasteiger partial charge is 0.166 e. The van der Waals surface area contributed by atoms with E-state index in [1.807, 2.05) is 42.5 Å². The molecular formula is C49H31N5. The van der Waals surface area contributed by atoms with Gasteiger partial charge in [0.15, 0.2) is 17.5 Å². The average molecular weight is 690 g/mol. The van der Waals surface area contributed by atoms with E-state index in [-0.39, 0.29) is 0 Å². The summed E-state index contributed by atoms with van der Waals surface area (Å²) in [5.74, 6) is 1.85. The Balaban J connectivity index is 1.24. The number of benzene rings is 9. The van der Waals surface area contributed by atoms with E-state index in [1.165, 1.54) is 43.1 Å². The van der Waals surface area contributed by atoms with Crippen molar-refractivity contribution in [3.05, 3.63) is 176 Å². The summed E-state index contributed by atoms with van der Waals surface area (Å²) >= 11 is 0. The Labute approximate surface area is 311 Å². The lowest BCUT2D eigenvalue weighted by molar-refractivity contribution is 1.07. The number of anilines is 1. The maximum Gasteiger partial charge on any atom is 0.166 e. The molecule has 0 aliphatic rings. The summed E-state index contributed by atoms with van der Waals surface area (Å²) in [4.78, 5) is 15.6. The molecule has 0 fully saturated rings. The van der Waals surface area contributed by atoms with Crippen molar-refractivity contribution in [3.8, 4) is 51.0 Å². The summed E-state index contributed by atoms with van der Waals surface area (Å²) in [6.45, 7) is 0. The Morgan fingerprint density at radius 2 is 0.944 bits per heavy atom. The van der Waals surface area contributed by atoms with Gasteiger partial charge in [-0.25, -0.2) is 15.0 Å². The van der Waals surface area contributed by atoms with E-state index >= 15 is 0 Å². The molecule has 54 heavy (non-hydrogen) atoms. The van der Waals surface area contributed by atoms with Gasteiger partial charge in [-0.05, 0) is 85.9 Å². The molecule has 5 heteroatoms. The van der Waals surface area contributed by atoms with E-state index in [9.17, 15) is 0 Å². The summed E-state index contributed by atoms with van der Waals surface area (Å²) in [5.41, 5.74) is 15.4. The molecule has 0 aliphatic carbocycles. The number of rotatable bonds is 5. The van der Waals surface area contributed by atoms with Gasteiger partial charge in [0.1, 0.15) is 0 Å². The molecule has 0 amide bonds. The maximum atomic E-state index is 6.47. The zero-order valence-corrected chi connectivity index (χ0v) is 29.1. The molecular weight excluding hydrogens is 659 g/mol. The first-order valence-electron chi connectivity index (χ1n) is 18.2. The van der Waals surface area contributed by atoms with Crippen LogP contribution >= 0.6 is 0 Å². The Morgan fingerprint density at radius 3 is 1.63 bits per heavy atom. The fraction of sp³-hybridized carbons (Fsp3) is 0. The molecule has 0 radical (unpaired) electrons. The molecule has 2 aromatic heterocycles. The van der Waals surface area contributed by atoms with E-state index in [0.29, 0.717) is 23.2 Å². The van der Waals surface area contributed by atoms with Crippen LogP contribution in [0.5, 0.6) is 0 Å². The predicted octanol–water partition coefficient (Wildman–Crippen LogP) is 12.1. The van der Waals surface area contributed by atoms with Gasteiger partial charge in [-0.15, -0.1) is 0 Å². The fourth-order valence-corrected chi connectivity index (χ4v) is 8.22. The van der Waals surface area contributed by atoms with E-state index in [4.69, 9.17) is 20.7 Å². The Kier molecular flexibility index (Phi) is 6.64. The summed E-state index contributed by atoms with van der Waals surface area (Å²) in [6, 6.07) is 61.5. The van der Waals surface area contributed by atoms with Crippen LogP contribution in [0.2, 0.25) is 0 Å². The van der Waals surface area contributed by atoms with Gasteiger partial charge < -0.3 is 10.3 Å². The highest BCUT2D eigenvalue weighted by Crippen LogP contribution is 2.47. The van der Waals surface area contributed by atoms with Crippen molar-refractivity contribution >= 4 is 59.8 Å². The highest BCUT2D eigenvalue weighted by Gasteiger charge is 2.25. The molecule has 0 saturated heterocycles. The molecule has 0 aliphatic heterocycles. The van der Waals surface area contributed by atoms with Crippen molar-refractivity contribution in [2.75, 3.05) is 5.73 Å². The van der Waals surface area contributed by atoms with Crippen LogP contribution in [0.25, 0.3) is 105 Å². The van der Waals surface area contributed by atoms with Crippen molar-refractivity contribution in [2.45, 2.75) is 0 Å². The van der Waals surface area contributed by atoms with Crippen LogP contribution in [0.15, 0.2) is 176 Å². The molecule has 0 saturated carbocycles.